The minimum atomic E-state index is 0.0479. The summed E-state index contributed by atoms with van der Waals surface area (Å²) in [6.07, 6.45) is 1.13. The molecule has 2 aromatic rings. The number of benzene rings is 1. The first kappa shape index (κ1) is 16.3. The van der Waals surface area contributed by atoms with Crippen molar-refractivity contribution in [3.8, 4) is 5.69 Å². The molecule has 0 aliphatic carbocycles. The van der Waals surface area contributed by atoms with Crippen molar-refractivity contribution >= 4 is 5.91 Å². The molecule has 2 fully saturated rings. The van der Waals surface area contributed by atoms with E-state index in [1.54, 1.807) is 0 Å². The lowest BCUT2D eigenvalue weighted by Gasteiger charge is -2.41. The zero-order valence-corrected chi connectivity index (χ0v) is 14.9. The SMILES string of the molecule is CC(C)c1cc(C(=O)N2CC(C3CCOC3)C2)nn1-c1ccccc1. The smallest absolute Gasteiger partial charge is 0.274 e. The fraction of sp³-hybridized carbons (Fsp3) is 0.500. The Hall–Kier alpha value is -2.14. The minimum Gasteiger partial charge on any atom is -0.381 e. The van der Waals surface area contributed by atoms with Crippen LogP contribution >= 0.6 is 0 Å². The summed E-state index contributed by atoms with van der Waals surface area (Å²) in [6, 6.07) is 12.0. The molecule has 5 nitrogen and oxygen atoms in total. The minimum absolute atomic E-state index is 0.0479. The lowest BCUT2D eigenvalue weighted by atomic mass is 9.85. The van der Waals surface area contributed by atoms with Crippen LogP contribution in [0.1, 0.15) is 42.4 Å². The van der Waals surface area contributed by atoms with E-state index in [4.69, 9.17) is 4.74 Å². The molecule has 0 N–H and O–H groups in total. The number of rotatable bonds is 4. The molecule has 1 unspecified atom stereocenters. The van der Waals surface area contributed by atoms with E-state index >= 15 is 0 Å². The molecule has 3 heterocycles. The number of amides is 1. The van der Waals surface area contributed by atoms with Gasteiger partial charge in [0.1, 0.15) is 0 Å². The molecule has 1 atom stereocenters. The topological polar surface area (TPSA) is 47.4 Å². The average Bonchev–Trinajstić information content (AvgIpc) is 3.24. The molecule has 25 heavy (non-hydrogen) atoms. The fourth-order valence-corrected chi connectivity index (χ4v) is 3.75. The second-order valence-electron chi connectivity index (χ2n) is 7.45. The second-order valence-corrected chi connectivity index (χ2v) is 7.45. The van der Waals surface area contributed by atoms with Crippen LogP contribution in [0.25, 0.3) is 5.69 Å². The van der Waals surface area contributed by atoms with Crippen molar-refractivity contribution in [2.45, 2.75) is 26.2 Å². The Kier molecular flexibility index (Phi) is 4.34. The lowest BCUT2D eigenvalue weighted by molar-refractivity contribution is 0.0336. The standard InChI is InChI=1S/C20H25N3O2/c1-14(2)19-10-18(21-23(19)17-6-4-3-5-7-17)20(24)22-11-16(12-22)15-8-9-25-13-15/h3-7,10,14-16H,8-9,11-13H2,1-2H3. The van der Waals surface area contributed by atoms with Crippen LogP contribution in [0.5, 0.6) is 0 Å². The molecule has 132 valence electrons. The summed E-state index contributed by atoms with van der Waals surface area (Å²) in [7, 11) is 0. The van der Waals surface area contributed by atoms with Gasteiger partial charge in [0.15, 0.2) is 5.69 Å². The number of carbonyl (C=O) groups is 1. The molecule has 1 amide bonds. The molecule has 2 aliphatic rings. The van der Waals surface area contributed by atoms with Crippen molar-refractivity contribution in [3.63, 3.8) is 0 Å². The van der Waals surface area contributed by atoms with Crippen molar-refractivity contribution in [2.24, 2.45) is 11.8 Å². The first-order valence-corrected chi connectivity index (χ1v) is 9.16. The highest BCUT2D eigenvalue weighted by atomic mass is 16.5. The summed E-state index contributed by atoms with van der Waals surface area (Å²) in [5.74, 6) is 1.56. The van der Waals surface area contributed by atoms with Gasteiger partial charge in [0.05, 0.1) is 5.69 Å². The highest BCUT2D eigenvalue weighted by Gasteiger charge is 2.38. The van der Waals surface area contributed by atoms with Crippen LogP contribution in [0.2, 0.25) is 0 Å². The molecule has 1 aromatic heterocycles. The van der Waals surface area contributed by atoms with E-state index in [9.17, 15) is 4.79 Å². The lowest BCUT2D eigenvalue weighted by Crippen LogP contribution is -2.52. The van der Waals surface area contributed by atoms with Gasteiger partial charge in [-0.05, 0) is 42.4 Å². The summed E-state index contributed by atoms with van der Waals surface area (Å²) in [5.41, 5.74) is 2.61. The maximum atomic E-state index is 12.8. The van der Waals surface area contributed by atoms with Gasteiger partial charge in [-0.3, -0.25) is 4.79 Å². The summed E-state index contributed by atoms with van der Waals surface area (Å²) >= 11 is 0. The maximum Gasteiger partial charge on any atom is 0.274 e. The first-order valence-electron chi connectivity index (χ1n) is 9.16. The van der Waals surface area contributed by atoms with E-state index < -0.39 is 0 Å². The zero-order chi connectivity index (χ0) is 17.4. The highest BCUT2D eigenvalue weighted by molar-refractivity contribution is 5.93. The molecular formula is C20H25N3O2. The van der Waals surface area contributed by atoms with Gasteiger partial charge in [-0.1, -0.05) is 32.0 Å². The third kappa shape index (κ3) is 3.09. The zero-order valence-electron chi connectivity index (χ0n) is 14.9. The van der Waals surface area contributed by atoms with Crippen LogP contribution < -0.4 is 0 Å². The van der Waals surface area contributed by atoms with Gasteiger partial charge in [0.2, 0.25) is 0 Å². The van der Waals surface area contributed by atoms with Gasteiger partial charge < -0.3 is 9.64 Å². The normalized spacial score (nSPS) is 20.9. The molecule has 2 aliphatic heterocycles. The molecule has 5 heteroatoms. The monoisotopic (exact) mass is 339 g/mol. The molecule has 2 saturated heterocycles. The van der Waals surface area contributed by atoms with Crippen LogP contribution in [0.15, 0.2) is 36.4 Å². The highest BCUT2D eigenvalue weighted by Crippen LogP contribution is 2.31. The molecular weight excluding hydrogens is 314 g/mol. The summed E-state index contributed by atoms with van der Waals surface area (Å²) in [6.45, 7) is 7.65. The van der Waals surface area contributed by atoms with E-state index in [0.717, 1.165) is 44.1 Å². The van der Waals surface area contributed by atoms with Crippen molar-refractivity contribution in [1.29, 1.82) is 0 Å². The quantitative estimate of drug-likeness (QED) is 0.860. The van der Waals surface area contributed by atoms with Gasteiger partial charge in [-0.2, -0.15) is 5.10 Å². The fourth-order valence-electron chi connectivity index (χ4n) is 3.75. The average molecular weight is 339 g/mol. The van der Waals surface area contributed by atoms with Crippen molar-refractivity contribution in [3.05, 3.63) is 47.8 Å². The molecule has 0 spiro atoms. The molecule has 0 saturated carbocycles. The van der Waals surface area contributed by atoms with Gasteiger partial charge in [0.25, 0.3) is 5.91 Å². The number of ether oxygens (including phenoxy) is 1. The van der Waals surface area contributed by atoms with E-state index in [2.05, 4.69) is 18.9 Å². The second kappa shape index (κ2) is 6.64. The van der Waals surface area contributed by atoms with Crippen LogP contribution in [-0.2, 0) is 4.74 Å². The van der Waals surface area contributed by atoms with Gasteiger partial charge in [0, 0.05) is 32.0 Å². The van der Waals surface area contributed by atoms with Gasteiger partial charge >= 0.3 is 0 Å². The van der Waals surface area contributed by atoms with Gasteiger partial charge in [-0.15, -0.1) is 0 Å². The predicted octanol–water partition coefficient (Wildman–Crippen LogP) is 3.10. The third-order valence-electron chi connectivity index (χ3n) is 5.38. The van der Waals surface area contributed by atoms with E-state index in [1.165, 1.54) is 0 Å². The van der Waals surface area contributed by atoms with Crippen LogP contribution in [0, 0.1) is 11.8 Å². The largest absolute Gasteiger partial charge is 0.381 e. The van der Waals surface area contributed by atoms with Crippen molar-refractivity contribution in [2.75, 3.05) is 26.3 Å². The third-order valence-corrected chi connectivity index (χ3v) is 5.38. The van der Waals surface area contributed by atoms with E-state index in [0.29, 0.717) is 23.4 Å². The van der Waals surface area contributed by atoms with E-state index in [-0.39, 0.29) is 5.91 Å². The summed E-state index contributed by atoms with van der Waals surface area (Å²) < 4.78 is 7.37. The molecule has 0 radical (unpaired) electrons. The number of hydrogen-bond donors (Lipinski definition) is 0. The molecule has 0 bridgehead atoms. The Labute approximate surface area is 148 Å². The number of carbonyl (C=O) groups excluding carboxylic acids is 1. The number of hydrogen-bond acceptors (Lipinski definition) is 3. The first-order chi connectivity index (χ1) is 12.1. The number of nitrogens with zero attached hydrogens (tertiary/aromatic N) is 3. The van der Waals surface area contributed by atoms with Crippen molar-refractivity contribution < 1.29 is 9.53 Å². The number of likely N-dealkylation sites (tertiary alicyclic amines) is 1. The van der Waals surface area contributed by atoms with Gasteiger partial charge in [-0.25, -0.2) is 4.68 Å². The Morgan fingerprint density at radius 3 is 2.60 bits per heavy atom. The number of para-hydroxylation sites is 1. The maximum absolute atomic E-state index is 12.8. The Morgan fingerprint density at radius 1 is 1.20 bits per heavy atom. The predicted molar refractivity (Wildman–Crippen MR) is 96.0 cm³/mol. The Morgan fingerprint density at radius 2 is 1.96 bits per heavy atom. The molecule has 1 aromatic carbocycles. The van der Waals surface area contributed by atoms with Crippen LogP contribution in [0.3, 0.4) is 0 Å². The van der Waals surface area contributed by atoms with Crippen LogP contribution in [0.4, 0.5) is 0 Å². The summed E-state index contributed by atoms with van der Waals surface area (Å²) in [4.78, 5) is 14.7. The van der Waals surface area contributed by atoms with Crippen LogP contribution in [-0.4, -0.2) is 46.9 Å². The van der Waals surface area contributed by atoms with Crippen molar-refractivity contribution in [1.82, 2.24) is 14.7 Å². The Bertz CT molecular complexity index is 742. The Balaban J connectivity index is 1.52. The number of aromatic nitrogens is 2. The molecule has 4 rings (SSSR count). The summed E-state index contributed by atoms with van der Waals surface area (Å²) in [5, 5.41) is 4.63. The van der Waals surface area contributed by atoms with E-state index in [1.807, 2.05) is 46.0 Å².